The van der Waals surface area contributed by atoms with Gasteiger partial charge in [0.25, 0.3) is 0 Å². The van der Waals surface area contributed by atoms with Crippen molar-refractivity contribution in [2.45, 2.75) is 25.8 Å². The van der Waals surface area contributed by atoms with Gasteiger partial charge in [0.1, 0.15) is 9.88 Å². The summed E-state index contributed by atoms with van der Waals surface area (Å²) < 4.78 is 85.0. The molecule has 1 aromatic carbocycles. The number of nitrogens with zero attached hydrogens (tertiary/aromatic N) is 3. The molecule has 0 N–H and O–H groups in total. The summed E-state index contributed by atoms with van der Waals surface area (Å²) in [5.41, 5.74) is -1.44. The number of aromatic nitrogens is 3. The molecule has 0 aliphatic heterocycles. The first kappa shape index (κ1) is 21.8. The van der Waals surface area contributed by atoms with Gasteiger partial charge in [0, 0.05) is 11.8 Å². The lowest BCUT2D eigenvalue weighted by atomic mass is 10.1. The van der Waals surface area contributed by atoms with E-state index in [0.29, 0.717) is 0 Å². The Hall–Kier alpha value is -2.89. The van der Waals surface area contributed by atoms with Crippen LogP contribution in [0, 0.1) is 0 Å². The first-order valence-electron chi connectivity index (χ1n) is 8.43. The van der Waals surface area contributed by atoms with E-state index in [9.17, 15) is 31.1 Å². The second-order valence-electron chi connectivity index (χ2n) is 6.02. The fourth-order valence-corrected chi connectivity index (χ4v) is 3.49. The van der Waals surface area contributed by atoms with Crippen LogP contribution in [0.4, 0.5) is 26.3 Å². The van der Waals surface area contributed by atoms with Crippen LogP contribution in [-0.2, 0) is 23.6 Å². The number of benzene rings is 1. The van der Waals surface area contributed by atoms with Crippen LogP contribution in [0.1, 0.15) is 33.4 Å². The zero-order chi connectivity index (χ0) is 22.1. The van der Waals surface area contributed by atoms with E-state index in [1.54, 1.807) is 6.92 Å². The van der Waals surface area contributed by atoms with Crippen molar-refractivity contribution in [3.8, 4) is 10.6 Å². The minimum absolute atomic E-state index is 0.0544. The predicted molar refractivity (Wildman–Crippen MR) is 94.8 cm³/mol. The quantitative estimate of drug-likeness (QED) is 0.394. The fraction of sp³-hybridized carbons (Fsp3) is 0.278. The van der Waals surface area contributed by atoms with Gasteiger partial charge in [-0.2, -0.15) is 31.4 Å². The molecule has 0 saturated carbocycles. The monoisotopic (exact) mass is 449 g/mol. The normalized spacial score (nSPS) is 12.2. The average Bonchev–Trinajstić information content (AvgIpc) is 3.29. The maximum absolute atomic E-state index is 13.5. The maximum Gasteiger partial charge on any atom is 0.427 e. The molecule has 3 aromatic rings. The van der Waals surface area contributed by atoms with Crippen LogP contribution in [0.15, 0.2) is 36.7 Å². The highest BCUT2D eigenvalue weighted by Crippen LogP contribution is 2.41. The number of alkyl halides is 6. The van der Waals surface area contributed by atoms with E-state index in [2.05, 4.69) is 10.1 Å². The second kappa shape index (κ2) is 8.09. The summed E-state index contributed by atoms with van der Waals surface area (Å²) >= 11 is 0.243. The molecule has 0 radical (unpaired) electrons. The molecule has 0 fully saturated rings. The molecule has 160 valence electrons. The van der Waals surface area contributed by atoms with Crippen molar-refractivity contribution in [2.75, 3.05) is 6.61 Å². The maximum atomic E-state index is 13.5. The summed E-state index contributed by atoms with van der Waals surface area (Å²) in [6.07, 6.45) is -7.04. The fourth-order valence-electron chi connectivity index (χ4n) is 2.56. The van der Waals surface area contributed by atoms with Crippen LogP contribution in [0.5, 0.6) is 0 Å². The number of rotatable bonds is 5. The van der Waals surface area contributed by atoms with E-state index in [1.807, 2.05) is 0 Å². The SMILES string of the molecule is CCOC(=O)c1cnn(Cc2nc(-c3cccc(C(F)(F)F)c3)sc2C(F)(F)F)c1. The lowest BCUT2D eigenvalue weighted by molar-refractivity contribution is -0.137. The Bertz CT molecular complexity index is 1050. The molecule has 0 aliphatic rings. The van der Waals surface area contributed by atoms with Crippen LogP contribution < -0.4 is 0 Å². The number of ether oxygens (including phenoxy) is 1. The van der Waals surface area contributed by atoms with Crippen LogP contribution in [-0.4, -0.2) is 27.3 Å². The third-order valence-corrected chi connectivity index (χ3v) is 5.04. The highest BCUT2D eigenvalue weighted by Gasteiger charge is 2.38. The molecule has 0 spiro atoms. The van der Waals surface area contributed by atoms with Crippen LogP contribution in [0.3, 0.4) is 0 Å². The summed E-state index contributed by atoms with van der Waals surface area (Å²) in [4.78, 5) is 14.5. The van der Waals surface area contributed by atoms with Gasteiger partial charge in [-0.15, -0.1) is 11.3 Å². The van der Waals surface area contributed by atoms with Gasteiger partial charge in [0.2, 0.25) is 0 Å². The minimum Gasteiger partial charge on any atom is -0.462 e. The summed E-state index contributed by atoms with van der Waals surface area (Å²) in [5.74, 6) is -0.678. The number of hydrogen-bond acceptors (Lipinski definition) is 5. The smallest absolute Gasteiger partial charge is 0.427 e. The highest BCUT2D eigenvalue weighted by atomic mass is 32.1. The van der Waals surface area contributed by atoms with Gasteiger partial charge in [0.05, 0.1) is 36.2 Å². The van der Waals surface area contributed by atoms with E-state index in [4.69, 9.17) is 4.74 Å². The minimum atomic E-state index is -4.76. The molecule has 3 rings (SSSR count). The molecule has 30 heavy (non-hydrogen) atoms. The molecule has 0 bridgehead atoms. The summed E-state index contributed by atoms with van der Waals surface area (Å²) in [7, 11) is 0. The largest absolute Gasteiger partial charge is 0.462 e. The van der Waals surface area contributed by atoms with E-state index in [1.165, 1.54) is 12.3 Å². The van der Waals surface area contributed by atoms with Crippen LogP contribution in [0.25, 0.3) is 10.6 Å². The van der Waals surface area contributed by atoms with Crippen molar-refractivity contribution in [1.29, 1.82) is 0 Å². The molecular weight excluding hydrogens is 436 g/mol. The third kappa shape index (κ3) is 4.81. The van der Waals surface area contributed by atoms with Gasteiger partial charge in [0.15, 0.2) is 0 Å². The molecule has 2 heterocycles. The summed E-state index contributed by atoms with van der Waals surface area (Å²) in [5, 5.41) is 3.62. The molecule has 0 atom stereocenters. The number of carbonyl (C=O) groups excluding carboxylic acids is 1. The average molecular weight is 449 g/mol. The van der Waals surface area contributed by atoms with Crippen molar-refractivity contribution in [3.05, 3.63) is 58.4 Å². The van der Waals surface area contributed by atoms with Crippen molar-refractivity contribution < 1.29 is 35.9 Å². The number of carbonyl (C=O) groups is 1. The third-order valence-electron chi connectivity index (χ3n) is 3.85. The van der Waals surface area contributed by atoms with Crippen molar-refractivity contribution in [1.82, 2.24) is 14.8 Å². The number of esters is 1. The zero-order valence-electron chi connectivity index (χ0n) is 15.2. The number of hydrogen-bond donors (Lipinski definition) is 0. The Morgan fingerprint density at radius 2 is 1.90 bits per heavy atom. The van der Waals surface area contributed by atoms with E-state index >= 15 is 0 Å². The Kier molecular flexibility index (Phi) is 5.88. The van der Waals surface area contributed by atoms with Crippen LogP contribution in [0.2, 0.25) is 0 Å². The molecule has 0 amide bonds. The van der Waals surface area contributed by atoms with Crippen molar-refractivity contribution in [2.24, 2.45) is 0 Å². The topological polar surface area (TPSA) is 57.0 Å². The lowest BCUT2D eigenvalue weighted by Gasteiger charge is -2.07. The van der Waals surface area contributed by atoms with Gasteiger partial charge >= 0.3 is 18.3 Å². The molecule has 0 saturated heterocycles. The zero-order valence-corrected chi connectivity index (χ0v) is 16.0. The highest BCUT2D eigenvalue weighted by molar-refractivity contribution is 7.15. The van der Waals surface area contributed by atoms with Crippen LogP contribution >= 0.6 is 11.3 Å². The van der Waals surface area contributed by atoms with Gasteiger partial charge in [-0.25, -0.2) is 9.78 Å². The molecule has 2 aromatic heterocycles. The van der Waals surface area contributed by atoms with Gasteiger partial charge in [-0.05, 0) is 19.1 Å². The number of thiazole rings is 1. The Balaban J connectivity index is 1.96. The van der Waals surface area contributed by atoms with E-state index in [-0.39, 0.29) is 34.1 Å². The molecular formula is C18H13F6N3O2S. The summed E-state index contributed by atoms with van der Waals surface area (Å²) in [6.45, 7) is 1.29. The Labute approximate surface area is 169 Å². The van der Waals surface area contributed by atoms with E-state index in [0.717, 1.165) is 29.1 Å². The standard InChI is InChI=1S/C18H13F6N3O2S/c1-2-29-16(28)11-7-25-27(8-11)9-13-14(18(22,23)24)30-15(26-13)10-4-3-5-12(6-10)17(19,20)21/h3-8H,2,9H2,1H3. The molecule has 12 heteroatoms. The first-order valence-corrected chi connectivity index (χ1v) is 9.24. The predicted octanol–water partition coefficient (Wildman–Crippen LogP) is 5.27. The van der Waals surface area contributed by atoms with Gasteiger partial charge < -0.3 is 4.74 Å². The Morgan fingerprint density at radius 3 is 2.53 bits per heavy atom. The number of halogens is 6. The van der Waals surface area contributed by atoms with Gasteiger partial charge in [-0.1, -0.05) is 12.1 Å². The summed E-state index contributed by atoms with van der Waals surface area (Å²) in [6, 6.07) is 3.93. The van der Waals surface area contributed by atoms with Crippen molar-refractivity contribution >= 4 is 17.3 Å². The van der Waals surface area contributed by atoms with Crippen molar-refractivity contribution in [3.63, 3.8) is 0 Å². The lowest BCUT2D eigenvalue weighted by Crippen LogP contribution is -2.10. The Morgan fingerprint density at radius 1 is 1.17 bits per heavy atom. The van der Waals surface area contributed by atoms with E-state index < -0.39 is 41.0 Å². The first-order chi connectivity index (χ1) is 14.0. The molecule has 0 aliphatic carbocycles. The molecule has 0 unspecified atom stereocenters. The van der Waals surface area contributed by atoms with Gasteiger partial charge in [-0.3, -0.25) is 4.68 Å². The molecule has 5 nitrogen and oxygen atoms in total. The second-order valence-corrected chi connectivity index (χ2v) is 7.02.